The van der Waals surface area contributed by atoms with Crippen LogP contribution in [0.25, 0.3) is 0 Å². The van der Waals surface area contributed by atoms with Gasteiger partial charge in [0.15, 0.2) is 0 Å². The largest absolute Gasteiger partial charge is 0.396 e. The van der Waals surface area contributed by atoms with Gasteiger partial charge in [-0.2, -0.15) is 0 Å². The monoisotopic (exact) mass is 279 g/mol. The van der Waals surface area contributed by atoms with E-state index in [1.54, 1.807) is 4.90 Å². The molecule has 1 aliphatic heterocycles. The van der Waals surface area contributed by atoms with Gasteiger partial charge in [-0.3, -0.25) is 4.79 Å². The Hall–Kier alpha value is -1.35. The minimum absolute atomic E-state index is 0.000696. The minimum atomic E-state index is -0.000696. The van der Waals surface area contributed by atoms with Gasteiger partial charge in [0.05, 0.1) is 6.61 Å². The normalized spacial score (nSPS) is 18.2. The van der Waals surface area contributed by atoms with Crippen LogP contribution in [-0.4, -0.2) is 47.3 Å². The maximum absolute atomic E-state index is 12.4. The van der Waals surface area contributed by atoms with Crippen molar-refractivity contribution in [3.63, 3.8) is 0 Å². The van der Waals surface area contributed by atoms with Crippen molar-refractivity contribution in [3.05, 3.63) is 21.9 Å². The molecule has 1 aromatic rings. The smallest absolute Gasteiger partial charge is 0.265 e. The summed E-state index contributed by atoms with van der Waals surface area (Å²) in [5.41, 5.74) is 0.732. The van der Waals surface area contributed by atoms with Crippen LogP contribution in [0.4, 0.5) is 0 Å². The number of hydrogen-bond acceptors (Lipinski definition) is 4. The summed E-state index contributed by atoms with van der Waals surface area (Å²) in [7, 11) is 0. The fourth-order valence-corrected chi connectivity index (χ4v) is 2.91. The molecule has 19 heavy (non-hydrogen) atoms. The first kappa shape index (κ1) is 14.1. The fourth-order valence-electron chi connectivity index (χ4n) is 2.10. The van der Waals surface area contributed by atoms with E-state index in [9.17, 15) is 4.79 Å². The lowest BCUT2D eigenvalue weighted by Gasteiger charge is -2.15. The Morgan fingerprint density at radius 2 is 2.37 bits per heavy atom. The third-order valence-electron chi connectivity index (χ3n) is 3.15. The number of rotatable bonds is 3. The first-order chi connectivity index (χ1) is 9.26. The van der Waals surface area contributed by atoms with Crippen LogP contribution >= 0.6 is 11.3 Å². The third-order valence-corrected chi connectivity index (χ3v) is 4.05. The van der Waals surface area contributed by atoms with E-state index < -0.39 is 0 Å². The van der Waals surface area contributed by atoms with Crippen LogP contribution in [0.1, 0.15) is 28.1 Å². The molecule has 2 N–H and O–H groups in total. The number of amides is 1. The van der Waals surface area contributed by atoms with Crippen LogP contribution in [0.15, 0.2) is 11.4 Å². The average Bonchev–Trinajstić information content (AvgIpc) is 3.07. The second-order valence-electron chi connectivity index (χ2n) is 4.53. The van der Waals surface area contributed by atoms with Gasteiger partial charge in [0.25, 0.3) is 5.91 Å². The molecule has 1 unspecified atom stereocenters. The highest BCUT2D eigenvalue weighted by Gasteiger charge is 2.27. The predicted octanol–water partition coefficient (Wildman–Crippen LogP) is 0.936. The summed E-state index contributed by atoms with van der Waals surface area (Å²) in [6, 6.07) is 1.84. The van der Waals surface area contributed by atoms with E-state index in [0.29, 0.717) is 24.4 Å². The highest BCUT2D eigenvalue weighted by atomic mass is 32.1. The molecule has 102 valence electrons. The number of nitrogens with zero attached hydrogens (tertiary/aromatic N) is 1. The van der Waals surface area contributed by atoms with E-state index >= 15 is 0 Å². The zero-order chi connectivity index (χ0) is 13.7. The minimum Gasteiger partial charge on any atom is -0.396 e. The molecule has 5 heteroatoms. The second kappa shape index (κ2) is 6.71. The van der Waals surface area contributed by atoms with Crippen molar-refractivity contribution in [2.45, 2.75) is 12.8 Å². The van der Waals surface area contributed by atoms with Gasteiger partial charge in [0, 0.05) is 37.6 Å². The molecule has 0 aliphatic carbocycles. The molecule has 4 nitrogen and oxygen atoms in total. The lowest BCUT2D eigenvalue weighted by Crippen LogP contribution is -2.28. The van der Waals surface area contributed by atoms with Gasteiger partial charge >= 0.3 is 0 Å². The molecule has 0 bridgehead atoms. The molecular weight excluding hydrogens is 262 g/mol. The van der Waals surface area contributed by atoms with Crippen LogP contribution in [0, 0.1) is 17.8 Å². The summed E-state index contributed by atoms with van der Waals surface area (Å²) in [5.74, 6) is 5.97. The van der Waals surface area contributed by atoms with Crippen molar-refractivity contribution in [1.29, 1.82) is 0 Å². The Morgan fingerprint density at radius 1 is 1.53 bits per heavy atom. The summed E-state index contributed by atoms with van der Waals surface area (Å²) in [5, 5.41) is 19.7. The van der Waals surface area contributed by atoms with Crippen LogP contribution in [0.5, 0.6) is 0 Å². The molecule has 2 rings (SSSR count). The van der Waals surface area contributed by atoms with Crippen molar-refractivity contribution in [3.8, 4) is 11.8 Å². The Labute approximate surface area is 116 Å². The van der Waals surface area contributed by atoms with Crippen LogP contribution in [0.2, 0.25) is 0 Å². The van der Waals surface area contributed by atoms with Crippen molar-refractivity contribution < 1.29 is 15.0 Å². The molecule has 1 aromatic heterocycles. The van der Waals surface area contributed by atoms with Gasteiger partial charge in [-0.25, -0.2) is 0 Å². The van der Waals surface area contributed by atoms with Gasteiger partial charge < -0.3 is 15.1 Å². The molecule has 1 atom stereocenters. The number of aliphatic hydroxyl groups is 2. The number of carbonyl (C=O) groups excluding carboxylic acids is 1. The van der Waals surface area contributed by atoms with Gasteiger partial charge in [-0.15, -0.1) is 11.3 Å². The third kappa shape index (κ3) is 3.35. The van der Waals surface area contributed by atoms with Gasteiger partial charge in [-0.1, -0.05) is 11.8 Å². The quantitative estimate of drug-likeness (QED) is 0.809. The Bertz CT molecular complexity index is 500. The molecule has 1 fully saturated rings. The van der Waals surface area contributed by atoms with E-state index in [1.165, 1.54) is 11.3 Å². The van der Waals surface area contributed by atoms with Crippen molar-refractivity contribution in [1.82, 2.24) is 4.90 Å². The van der Waals surface area contributed by atoms with Crippen molar-refractivity contribution in [2.24, 2.45) is 5.92 Å². The fraction of sp³-hybridized carbons (Fsp3) is 0.500. The molecule has 1 amide bonds. The summed E-state index contributed by atoms with van der Waals surface area (Å²) in [6.45, 7) is 1.49. The molecule has 0 aromatic carbocycles. The van der Waals surface area contributed by atoms with E-state index in [2.05, 4.69) is 11.8 Å². The Balaban J connectivity index is 2.08. The van der Waals surface area contributed by atoms with Crippen molar-refractivity contribution in [2.75, 3.05) is 26.3 Å². The summed E-state index contributed by atoms with van der Waals surface area (Å²) in [6.07, 6.45) is 1.28. The van der Waals surface area contributed by atoms with E-state index in [4.69, 9.17) is 10.2 Å². The lowest BCUT2D eigenvalue weighted by atomic mass is 10.1. The van der Waals surface area contributed by atoms with Crippen LogP contribution < -0.4 is 0 Å². The topological polar surface area (TPSA) is 60.8 Å². The number of thiophene rings is 1. The highest BCUT2D eigenvalue weighted by molar-refractivity contribution is 7.12. The number of hydrogen-bond donors (Lipinski definition) is 2. The Morgan fingerprint density at radius 3 is 3.05 bits per heavy atom. The molecule has 0 spiro atoms. The van der Waals surface area contributed by atoms with Gasteiger partial charge in [0.1, 0.15) is 4.88 Å². The van der Waals surface area contributed by atoms with E-state index in [1.807, 2.05) is 11.4 Å². The number of carbonyl (C=O) groups is 1. The van der Waals surface area contributed by atoms with Crippen LogP contribution in [0.3, 0.4) is 0 Å². The molecule has 0 saturated carbocycles. The Kier molecular flexibility index (Phi) is 4.97. The average molecular weight is 279 g/mol. The van der Waals surface area contributed by atoms with E-state index in [-0.39, 0.29) is 25.0 Å². The molecule has 2 heterocycles. The predicted molar refractivity (Wildman–Crippen MR) is 74.0 cm³/mol. The zero-order valence-corrected chi connectivity index (χ0v) is 11.4. The van der Waals surface area contributed by atoms with Crippen molar-refractivity contribution >= 4 is 17.2 Å². The second-order valence-corrected chi connectivity index (χ2v) is 5.44. The number of likely N-dealkylation sites (tertiary alicyclic amines) is 1. The van der Waals surface area contributed by atoms with Crippen LogP contribution in [-0.2, 0) is 0 Å². The standard InChI is InChI=1S/C14H17NO3S/c16-7-2-1-3-12-5-8-19-13(12)14(18)15-6-4-11(9-15)10-17/h5,8,11,16-17H,2,4,6-7,9-10H2. The highest BCUT2D eigenvalue weighted by Crippen LogP contribution is 2.23. The summed E-state index contributed by atoms with van der Waals surface area (Å²) < 4.78 is 0. The summed E-state index contributed by atoms with van der Waals surface area (Å²) in [4.78, 5) is 14.8. The lowest BCUT2D eigenvalue weighted by molar-refractivity contribution is 0.0786. The van der Waals surface area contributed by atoms with E-state index in [0.717, 1.165) is 12.0 Å². The molecular formula is C14H17NO3S. The molecule has 1 aliphatic rings. The first-order valence-corrected chi connectivity index (χ1v) is 7.21. The maximum atomic E-state index is 12.4. The SMILES string of the molecule is O=C(c1sccc1C#CCCO)N1CCC(CO)C1. The van der Waals surface area contributed by atoms with Gasteiger partial charge in [-0.05, 0) is 17.9 Å². The summed E-state index contributed by atoms with van der Waals surface area (Å²) >= 11 is 1.39. The van der Waals surface area contributed by atoms with Gasteiger partial charge in [0.2, 0.25) is 0 Å². The first-order valence-electron chi connectivity index (χ1n) is 6.33. The maximum Gasteiger partial charge on any atom is 0.265 e. The molecule has 1 saturated heterocycles. The number of aliphatic hydroxyl groups excluding tert-OH is 2. The molecule has 0 radical (unpaired) electrons. The zero-order valence-electron chi connectivity index (χ0n) is 10.6.